The highest BCUT2D eigenvalue weighted by atomic mass is 16.6. The van der Waals surface area contributed by atoms with Crippen molar-refractivity contribution >= 4 is 28.6 Å². The van der Waals surface area contributed by atoms with Crippen LogP contribution in [0.15, 0.2) is 35.0 Å². The van der Waals surface area contributed by atoms with E-state index in [-0.39, 0.29) is 6.09 Å². The lowest BCUT2D eigenvalue weighted by molar-refractivity contribution is 0.0270. The fourth-order valence-electron chi connectivity index (χ4n) is 3.02. The average Bonchev–Trinajstić information content (AvgIpc) is 3.08. The minimum Gasteiger partial charge on any atom is -0.465 e. The van der Waals surface area contributed by atoms with Crippen LogP contribution < -0.4 is 0 Å². The highest BCUT2D eigenvalue weighted by Crippen LogP contribution is 2.32. The van der Waals surface area contributed by atoms with Gasteiger partial charge in [-0.25, -0.2) is 9.59 Å². The van der Waals surface area contributed by atoms with Gasteiger partial charge in [-0.2, -0.15) is 0 Å². The van der Waals surface area contributed by atoms with Crippen LogP contribution >= 0.6 is 0 Å². The van der Waals surface area contributed by atoms with Crippen molar-refractivity contribution in [1.82, 2.24) is 4.90 Å². The van der Waals surface area contributed by atoms with E-state index in [2.05, 4.69) is 0 Å². The zero-order chi connectivity index (χ0) is 18.9. The summed E-state index contributed by atoms with van der Waals surface area (Å²) in [5, 5.41) is 0.866. The summed E-state index contributed by atoms with van der Waals surface area (Å²) in [7, 11) is 1.35. The molecule has 2 heterocycles. The van der Waals surface area contributed by atoms with Crippen LogP contribution in [-0.4, -0.2) is 42.8 Å². The molecule has 0 N–H and O–H groups in total. The first-order valence-corrected chi connectivity index (χ1v) is 8.56. The second kappa shape index (κ2) is 6.86. The number of benzene rings is 1. The number of rotatable bonds is 2. The summed E-state index contributed by atoms with van der Waals surface area (Å²) in [6.07, 6.45) is 3.99. The fourth-order valence-corrected chi connectivity index (χ4v) is 3.02. The van der Waals surface area contributed by atoms with Crippen molar-refractivity contribution in [3.8, 4) is 0 Å². The second-order valence-electron chi connectivity index (χ2n) is 7.22. The monoisotopic (exact) mass is 357 g/mol. The normalized spacial score (nSPS) is 14.9. The van der Waals surface area contributed by atoms with E-state index in [1.807, 2.05) is 39.0 Å². The average molecular weight is 357 g/mol. The van der Waals surface area contributed by atoms with Crippen molar-refractivity contribution < 1.29 is 23.5 Å². The van der Waals surface area contributed by atoms with Gasteiger partial charge in [-0.05, 0) is 50.5 Å². The molecule has 1 amide bonds. The molecule has 0 spiro atoms. The molecule has 26 heavy (non-hydrogen) atoms. The third-order valence-electron chi connectivity index (χ3n) is 4.23. The Balaban J connectivity index is 1.84. The number of carbonyl (C=O) groups is 2. The summed E-state index contributed by atoms with van der Waals surface area (Å²) in [6.45, 7) is 6.64. The van der Waals surface area contributed by atoms with E-state index in [0.717, 1.165) is 16.5 Å². The summed E-state index contributed by atoms with van der Waals surface area (Å²) in [4.78, 5) is 25.8. The molecule has 1 aliphatic heterocycles. The quantitative estimate of drug-likeness (QED) is 0.752. The van der Waals surface area contributed by atoms with Crippen LogP contribution in [0.5, 0.6) is 0 Å². The SMILES string of the molecule is COC(=O)c1ccc(C2=CCN(C(=O)OC(C)(C)C)CC2)c2ccoc12. The first-order valence-electron chi connectivity index (χ1n) is 8.56. The molecule has 0 unspecified atom stereocenters. The molecular weight excluding hydrogens is 334 g/mol. The van der Waals surface area contributed by atoms with Crippen LogP contribution in [0, 0.1) is 0 Å². The van der Waals surface area contributed by atoms with E-state index in [1.165, 1.54) is 7.11 Å². The predicted molar refractivity (Wildman–Crippen MR) is 98.0 cm³/mol. The number of esters is 1. The molecule has 6 nitrogen and oxygen atoms in total. The number of hydrogen-bond donors (Lipinski definition) is 0. The Kier molecular flexibility index (Phi) is 4.76. The van der Waals surface area contributed by atoms with Crippen LogP contribution in [0.3, 0.4) is 0 Å². The molecule has 6 heteroatoms. The van der Waals surface area contributed by atoms with E-state index < -0.39 is 11.6 Å². The zero-order valence-electron chi connectivity index (χ0n) is 15.5. The molecule has 1 aromatic carbocycles. The van der Waals surface area contributed by atoms with Crippen molar-refractivity contribution in [1.29, 1.82) is 0 Å². The van der Waals surface area contributed by atoms with E-state index in [4.69, 9.17) is 13.9 Å². The van der Waals surface area contributed by atoms with Crippen molar-refractivity contribution in [3.05, 3.63) is 41.7 Å². The van der Waals surface area contributed by atoms with Gasteiger partial charge in [-0.1, -0.05) is 12.1 Å². The van der Waals surface area contributed by atoms with Crippen molar-refractivity contribution in [2.24, 2.45) is 0 Å². The van der Waals surface area contributed by atoms with Gasteiger partial charge in [0.1, 0.15) is 16.7 Å². The van der Waals surface area contributed by atoms with Crippen molar-refractivity contribution in [3.63, 3.8) is 0 Å². The smallest absolute Gasteiger partial charge is 0.410 e. The molecule has 1 aromatic heterocycles. The van der Waals surface area contributed by atoms with E-state index >= 15 is 0 Å². The minimum atomic E-state index is -0.506. The van der Waals surface area contributed by atoms with E-state index in [9.17, 15) is 9.59 Å². The lowest BCUT2D eigenvalue weighted by Gasteiger charge is -2.29. The number of nitrogens with zero attached hydrogens (tertiary/aromatic N) is 1. The summed E-state index contributed by atoms with van der Waals surface area (Å²) in [5.74, 6) is -0.426. The lowest BCUT2D eigenvalue weighted by Crippen LogP contribution is -2.39. The third kappa shape index (κ3) is 3.59. The number of methoxy groups -OCH3 is 1. The molecule has 0 radical (unpaired) electrons. The molecular formula is C20H23NO5. The number of ether oxygens (including phenoxy) is 2. The van der Waals surface area contributed by atoms with Gasteiger partial charge >= 0.3 is 12.1 Å². The van der Waals surface area contributed by atoms with Gasteiger partial charge in [0.2, 0.25) is 0 Å². The summed E-state index contributed by atoms with van der Waals surface area (Å²) in [6, 6.07) is 5.46. The maximum absolute atomic E-state index is 12.2. The standard InChI is InChI=1S/C20H23NO5/c1-20(2,3)26-19(23)21-10-7-13(8-11-21)14-5-6-16(18(22)24-4)17-15(14)9-12-25-17/h5-7,9,12H,8,10-11H2,1-4H3. The fraction of sp³-hybridized carbons (Fsp3) is 0.400. The number of hydrogen-bond acceptors (Lipinski definition) is 5. The molecule has 1 aliphatic rings. The second-order valence-corrected chi connectivity index (χ2v) is 7.22. The highest BCUT2D eigenvalue weighted by molar-refractivity contribution is 6.05. The largest absolute Gasteiger partial charge is 0.465 e. The molecule has 0 saturated carbocycles. The van der Waals surface area contributed by atoms with E-state index in [0.29, 0.717) is 30.7 Å². The molecule has 0 saturated heterocycles. The van der Waals surface area contributed by atoms with E-state index in [1.54, 1.807) is 17.2 Å². The van der Waals surface area contributed by atoms with Gasteiger partial charge < -0.3 is 18.8 Å². The Morgan fingerprint density at radius 2 is 1.96 bits per heavy atom. The number of carbonyl (C=O) groups excluding carboxylic acids is 2. The molecule has 0 aliphatic carbocycles. The van der Waals surface area contributed by atoms with Crippen molar-refractivity contribution in [2.75, 3.05) is 20.2 Å². The third-order valence-corrected chi connectivity index (χ3v) is 4.23. The van der Waals surface area contributed by atoms with Crippen LogP contribution in [0.2, 0.25) is 0 Å². The summed E-state index contributed by atoms with van der Waals surface area (Å²) in [5.41, 5.74) is 2.54. The van der Waals surface area contributed by atoms with Gasteiger partial charge in [0.05, 0.1) is 13.4 Å². The van der Waals surface area contributed by atoms with Gasteiger partial charge in [-0.15, -0.1) is 0 Å². The molecule has 138 valence electrons. The number of furan rings is 1. The van der Waals surface area contributed by atoms with Gasteiger partial charge in [-0.3, -0.25) is 0 Å². The first kappa shape index (κ1) is 18.0. The molecule has 0 atom stereocenters. The Labute approximate surface area is 152 Å². The molecule has 0 fully saturated rings. The maximum atomic E-state index is 12.2. The van der Waals surface area contributed by atoms with Crippen LogP contribution in [0.1, 0.15) is 43.1 Å². The molecule has 2 aromatic rings. The number of fused-ring (bicyclic) bond motifs is 1. The molecule has 3 rings (SSSR count). The molecule has 0 bridgehead atoms. The summed E-state index contributed by atoms with van der Waals surface area (Å²) < 4.78 is 15.7. The van der Waals surface area contributed by atoms with Crippen molar-refractivity contribution in [2.45, 2.75) is 32.8 Å². The van der Waals surface area contributed by atoms with Crippen LogP contribution in [0.4, 0.5) is 4.79 Å². The Morgan fingerprint density at radius 3 is 2.58 bits per heavy atom. The van der Waals surface area contributed by atoms with Gasteiger partial charge in [0.25, 0.3) is 0 Å². The van der Waals surface area contributed by atoms with Gasteiger partial charge in [0.15, 0.2) is 0 Å². The van der Waals surface area contributed by atoms with Gasteiger partial charge in [0, 0.05) is 18.5 Å². The Hall–Kier alpha value is -2.76. The topological polar surface area (TPSA) is 69.0 Å². The van der Waals surface area contributed by atoms with Crippen LogP contribution in [-0.2, 0) is 9.47 Å². The zero-order valence-corrected chi connectivity index (χ0v) is 15.5. The Bertz CT molecular complexity index is 872. The lowest BCUT2D eigenvalue weighted by atomic mass is 9.95. The number of amides is 1. The predicted octanol–water partition coefficient (Wildman–Crippen LogP) is 4.24. The minimum absolute atomic E-state index is 0.303. The van der Waals surface area contributed by atoms with Crippen LogP contribution in [0.25, 0.3) is 16.5 Å². The first-order chi connectivity index (χ1) is 12.3. The Morgan fingerprint density at radius 1 is 1.19 bits per heavy atom. The highest BCUT2D eigenvalue weighted by Gasteiger charge is 2.25. The maximum Gasteiger partial charge on any atom is 0.410 e. The summed E-state index contributed by atoms with van der Waals surface area (Å²) >= 11 is 0.